The van der Waals surface area contributed by atoms with Crippen molar-refractivity contribution in [3.8, 4) is 5.75 Å². The second-order valence-electron chi connectivity index (χ2n) is 7.49. The first-order valence-corrected chi connectivity index (χ1v) is 8.74. The second-order valence-corrected chi connectivity index (χ2v) is 7.49. The number of methoxy groups -OCH3 is 1. The van der Waals surface area contributed by atoms with E-state index in [1.54, 1.807) is 30.3 Å². The van der Waals surface area contributed by atoms with Crippen LogP contribution in [0.15, 0.2) is 42.5 Å². The number of carbonyl (C=O) groups is 1. The van der Waals surface area contributed by atoms with Gasteiger partial charge in [-0.15, -0.1) is 0 Å². The highest BCUT2D eigenvalue weighted by Crippen LogP contribution is 2.44. The summed E-state index contributed by atoms with van der Waals surface area (Å²) in [6.45, 7) is 7.93. The normalized spacial score (nSPS) is 18.3. The lowest BCUT2D eigenvalue weighted by Crippen LogP contribution is -2.41. The molecule has 1 aliphatic rings. The van der Waals surface area contributed by atoms with Gasteiger partial charge in [0.1, 0.15) is 0 Å². The van der Waals surface area contributed by atoms with Gasteiger partial charge in [0.25, 0.3) is 5.91 Å². The van der Waals surface area contributed by atoms with E-state index in [0.29, 0.717) is 5.56 Å². The monoisotopic (exact) mass is 373 g/mol. The molecule has 1 fully saturated rings. The van der Waals surface area contributed by atoms with Crippen molar-refractivity contribution in [3.05, 3.63) is 59.4 Å². The van der Waals surface area contributed by atoms with Gasteiger partial charge in [-0.05, 0) is 52.0 Å². The minimum atomic E-state index is -0.609. The molecule has 0 atom stereocenters. The number of ether oxygens (including phenoxy) is 3. The van der Waals surface area contributed by atoms with E-state index in [1.165, 1.54) is 19.2 Å². The van der Waals surface area contributed by atoms with Crippen LogP contribution >= 0.6 is 0 Å². The molecule has 1 saturated heterocycles. The van der Waals surface area contributed by atoms with Gasteiger partial charge >= 0.3 is 0 Å². The van der Waals surface area contributed by atoms with Crippen LogP contribution in [0.3, 0.4) is 0 Å². The SMILES string of the molecule is COc1cccc(NC(=O)c2ccc(C3OC(C)(C)C(C)(C)O3)cc2)c1F. The van der Waals surface area contributed by atoms with Crippen LogP contribution in [0.5, 0.6) is 5.75 Å². The molecule has 0 bridgehead atoms. The molecule has 0 saturated carbocycles. The average molecular weight is 373 g/mol. The van der Waals surface area contributed by atoms with E-state index in [1.807, 2.05) is 27.7 Å². The van der Waals surface area contributed by atoms with Crippen LogP contribution in [0.1, 0.15) is 49.9 Å². The Balaban J connectivity index is 1.74. The molecular formula is C21H24FNO4. The average Bonchev–Trinajstić information content (AvgIpc) is 2.84. The van der Waals surface area contributed by atoms with Crippen molar-refractivity contribution in [2.75, 3.05) is 12.4 Å². The highest BCUT2D eigenvalue weighted by Gasteiger charge is 2.49. The number of carbonyl (C=O) groups excluding carboxylic acids is 1. The Labute approximate surface area is 158 Å². The summed E-state index contributed by atoms with van der Waals surface area (Å²) in [6, 6.07) is 11.5. The van der Waals surface area contributed by atoms with Gasteiger partial charge in [-0.25, -0.2) is 4.39 Å². The van der Waals surface area contributed by atoms with E-state index in [4.69, 9.17) is 14.2 Å². The predicted octanol–water partition coefficient (Wildman–Crippen LogP) is 4.69. The molecule has 1 heterocycles. The fourth-order valence-electron chi connectivity index (χ4n) is 2.73. The maximum Gasteiger partial charge on any atom is 0.255 e. The summed E-state index contributed by atoms with van der Waals surface area (Å²) in [7, 11) is 1.37. The van der Waals surface area contributed by atoms with Crippen molar-refractivity contribution in [3.63, 3.8) is 0 Å². The van der Waals surface area contributed by atoms with Crippen molar-refractivity contribution in [1.82, 2.24) is 0 Å². The Morgan fingerprint density at radius 1 is 1.04 bits per heavy atom. The topological polar surface area (TPSA) is 56.8 Å². The summed E-state index contributed by atoms with van der Waals surface area (Å²) in [6.07, 6.45) is -0.497. The Morgan fingerprint density at radius 2 is 1.63 bits per heavy atom. The van der Waals surface area contributed by atoms with Crippen molar-refractivity contribution < 1.29 is 23.4 Å². The lowest BCUT2D eigenvalue weighted by atomic mass is 9.90. The van der Waals surface area contributed by atoms with Crippen molar-refractivity contribution in [2.45, 2.75) is 45.2 Å². The largest absolute Gasteiger partial charge is 0.494 e. The number of anilines is 1. The van der Waals surface area contributed by atoms with Crippen LogP contribution in [0.25, 0.3) is 0 Å². The van der Waals surface area contributed by atoms with Gasteiger partial charge in [0.15, 0.2) is 17.9 Å². The van der Waals surface area contributed by atoms with Crippen molar-refractivity contribution >= 4 is 11.6 Å². The number of amides is 1. The van der Waals surface area contributed by atoms with Crippen LogP contribution < -0.4 is 10.1 Å². The lowest BCUT2D eigenvalue weighted by molar-refractivity contribution is -0.0895. The van der Waals surface area contributed by atoms with Crippen LogP contribution in [0.2, 0.25) is 0 Å². The minimum absolute atomic E-state index is 0.0642. The van der Waals surface area contributed by atoms with Crippen LogP contribution in [0, 0.1) is 5.82 Å². The fourth-order valence-corrected chi connectivity index (χ4v) is 2.73. The molecule has 1 N–H and O–H groups in total. The molecular weight excluding hydrogens is 349 g/mol. The molecule has 144 valence electrons. The highest BCUT2D eigenvalue weighted by atomic mass is 19.1. The first kappa shape index (κ1) is 19.3. The first-order chi connectivity index (χ1) is 12.6. The van der Waals surface area contributed by atoms with Gasteiger partial charge in [0.2, 0.25) is 0 Å². The molecule has 27 heavy (non-hydrogen) atoms. The van der Waals surface area contributed by atoms with Gasteiger partial charge in [-0.1, -0.05) is 18.2 Å². The quantitative estimate of drug-likeness (QED) is 0.845. The Bertz CT molecular complexity index is 830. The van der Waals surface area contributed by atoms with Crippen molar-refractivity contribution in [1.29, 1.82) is 0 Å². The molecule has 1 amide bonds. The lowest BCUT2D eigenvalue weighted by Gasteiger charge is -2.30. The summed E-state index contributed by atoms with van der Waals surface area (Å²) in [5, 5.41) is 2.56. The summed E-state index contributed by atoms with van der Waals surface area (Å²) in [4.78, 5) is 12.4. The van der Waals surface area contributed by atoms with E-state index in [2.05, 4.69) is 5.32 Å². The first-order valence-electron chi connectivity index (χ1n) is 8.74. The number of halogens is 1. The molecule has 6 heteroatoms. The third-order valence-corrected chi connectivity index (χ3v) is 5.13. The van der Waals surface area contributed by atoms with Gasteiger partial charge in [-0.3, -0.25) is 4.79 Å². The van der Waals surface area contributed by atoms with Gasteiger partial charge in [0.05, 0.1) is 24.0 Å². The summed E-state index contributed by atoms with van der Waals surface area (Å²) < 4.78 is 31.1. The molecule has 0 aliphatic carbocycles. The van der Waals surface area contributed by atoms with Gasteiger partial charge in [-0.2, -0.15) is 0 Å². The third kappa shape index (κ3) is 3.68. The van der Waals surface area contributed by atoms with E-state index in [9.17, 15) is 9.18 Å². The summed E-state index contributed by atoms with van der Waals surface area (Å²) in [5.41, 5.74) is 0.416. The molecule has 0 aromatic heterocycles. The van der Waals surface area contributed by atoms with Crippen molar-refractivity contribution in [2.24, 2.45) is 0 Å². The molecule has 0 unspecified atom stereocenters. The Morgan fingerprint density at radius 3 is 2.19 bits per heavy atom. The van der Waals surface area contributed by atoms with E-state index in [-0.39, 0.29) is 11.4 Å². The smallest absolute Gasteiger partial charge is 0.255 e. The number of benzene rings is 2. The molecule has 1 aliphatic heterocycles. The molecule has 2 aromatic rings. The molecule has 5 nitrogen and oxygen atoms in total. The fraction of sp³-hybridized carbons (Fsp3) is 0.381. The third-order valence-electron chi connectivity index (χ3n) is 5.13. The van der Waals surface area contributed by atoms with Crippen LogP contribution in [-0.2, 0) is 9.47 Å². The van der Waals surface area contributed by atoms with Crippen LogP contribution in [0.4, 0.5) is 10.1 Å². The summed E-state index contributed by atoms with van der Waals surface area (Å²) in [5.74, 6) is -0.950. The predicted molar refractivity (Wildman–Crippen MR) is 100 cm³/mol. The Hall–Kier alpha value is -2.44. The zero-order valence-corrected chi connectivity index (χ0v) is 16.1. The number of hydrogen-bond donors (Lipinski definition) is 1. The molecule has 0 spiro atoms. The second kappa shape index (κ2) is 6.94. The Kier molecular flexibility index (Phi) is 4.97. The standard InChI is InChI=1S/C21H24FNO4/c1-20(2)21(3,4)27-19(26-20)14-11-9-13(10-12-14)18(24)23-15-7-6-8-16(25-5)17(15)22/h6-12,19H,1-5H3,(H,23,24). The van der Waals surface area contributed by atoms with E-state index in [0.717, 1.165) is 5.56 Å². The highest BCUT2D eigenvalue weighted by molar-refractivity contribution is 6.04. The molecule has 0 radical (unpaired) electrons. The maximum absolute atomic E-state index is 14.2. The minimum Gasteiger partial charge on any atom is -0.494 e. The zero-order valence-electron chi connectivity index (χ0n) is 16.1. The summed E-state index contributed by atoms with van der Waals surface area (Å²) >= 11 is 0. The number of nitrogens with one attached hydrogen (secondary N) is 1. The molecule has 2 aromatic carbocycles. The van der Waals surface area contributed by atoms with Gasteiger partial charge in [0, 0.05) is 11.1 Å². The van der Waals surface area contributed by atoms with Crippen LogP contribution in [-0.4, -0.2) is 24.2 Å². The van der Waals surface area contributed by atoms with Gasteiger partial charge < -0.3 is 19.5 Å². The maximum atomic E-state index is 14.2. The number of rotatable bonds is 4. The van der Waals surface area contributed by atoms with E-state index < -0.39 is 29.2 Å². The number of hydrogen-bond acceptors (Lipinski definition) is 4. The van der Waals surface area contributed by atoms with E-state index >= 15 is 0 Å². The zero-order chi connectivity index (χ0) is 19.8. The molecule has 3 rings (SSSR count).